The van der Waals surface area contributed by atoms with Crippen molar-refractivity contribution in [3.63, 3.8) is 0 Å². The minimum absolute atomic E-state index is 0.238. The number of nitrogens with zero attached hydrogens (tertiary/aromatic N) is 1. The topological polar surface area (TPSA) is 23.8 Å². The molecule has 0 aliphatic heterocycles. The van der Waals surface area contributed by atoms with Crippen molar-refractivity contribution in [3.05, 3.63) is 34.3 Å². The molecule has 0 aromatic carbocycles. The summed E-state index contributed by atoms with van der Waals surface area (Å²) >= 11 is 8.64. The molecule has 0 radical (unpaired) electrons. The van der Waals surface area contributed by atoms with E-state index < -0.39 is 0 Å². The van der Waals surface area contributed by atoms with Crippen LogP contribution in [0.1, 0.15) is 0 Å². The van der Waals surface area contributed by atoms with Crippen LogP contribution >= 0.6 is 27.5 Å². The standard InChI is InChI=1S/C7H5BrClN/c1-5(4-10)7(9)3-6(2)8/h3H,1-2H2/b7-3+. The summed E-state index contributed by atoms with van der Waals surface area (Å²) in [5.74, 6) is 0. The summed E-state index contributed by atoms with van der Waals surface area (Å²) in [6.07, 6.45) is 1.52. The van der Waals surface area contributed by atoms with Crippen LogP contribution in [0.15, 0.2) is 34.3 Å². The number of halogens is 2. The Morgan fingerprint density at radius 3 is 2.40 bits per heavy atom. The fourth-order valence-electron chi connectivity index (χ4n) is 0.278. The summed E-state index contributed by atoms with van der Waals surface area (Å²) in [5.41, 5.74) is 0.238. The van der Waals surface area contributed by atoms with Crippen LogP contribution in [-0.2, 0) is 0 Å². The van der Waals surface area contributed by atoms with Gasteiger partial charge >= 0.3 is 0 Å². The number of rotatable bonds is 2. The van der Waals surface area contributed by atoms with Gasteiger partial charge in [-0.1, -0.05) is 40.7 Å². The first kappa shape index (κ1) is 9.48. The summed E-state index contributed by atoms with van der Waals surface area (Å²) in [7, 11) is 0. The van der Waals surface area contributed by atoms with E-state index in [-0.39, 0.29) is 5.57 Å². The third kappa shape index (κ3) is 3.49. The fraction of sp³-hybridized carbons (Fsp3) is 0. The van der Waals surface area contributed by atoms with Crippen LogP contribution in [0.3, 0.4) is 0 Å². The molecule has 0 fully saturated rings. The number of nitriles is 1. The second kappa shape index (κ2) is 4.32. The molecule has 0 rings (SSSR count). The molecule has 0 N–H and O–H groups in total. The van der Waals surface area contributed by atoms with Crippen molar-refractivity contribution in [3.8, 4) is 6.07 Å². The molecule has 10 heavy (non-hydrogen) atoms. The van der Waals surface area contributed by atoms with E-state index in [0.29, 0.717) is 9.51 Å². The van der Waals surface area contributed by atoms with Gasteiger partial charge in [0.15, 0.2) is 0 Å². The molecule has 0 aliphatic carbocycles. The summed E-state index contributed by atoms with van der Waals surface area (Å²) < 4.78 is 0.619. The van der Waals surface area contributed by atoms with E-state index in [2.05, 4.69) is 29.1 Å². The van der Waals surface area contributed by atoms with Crippen molar-refractivity contribution >= 4 is 27.5 Å². The third-order valence-corrected chi connectivity index (χ3v) is 1.27. The highest BCUT2D eigenvalue weighted by Gasteiger charge is 1.95. The predicted molar refractivity (Wildman–Crippen MR) is 46.8 cm³/mol. The molecule has 0 spiro atoms. The molecule has 0 bridgehead atoms. The van der Waals surface area contributed by atoms with E-state index in [1.54, 1.807) is 0 Å². The molecule has 0 aromatic heterocycles. The van der Waals surface area contributed by atoms with Crippen LogP contribution in [0.2, 0.25) is 0 Å². The highest BCUT2D eigenvalue weighted by Crippen LogP contribution is 2.16. The van der Waals surface area contributed by atoms with Crippen LogP contribution < -0.4 is 0 Å². The van der Waals surface area contributed by atoms with Crippen LogP contribution in [0, 0.1) is 11.3 Å². The maximum absolute atomic E-state index is 8.30. The zero-order chi connectivity index (χ0) is 8.15. The van der Waals surface area contributed by atoms with Gasteiger partial charge in [-0.05, 0) is 6.08 Å². The van der Waals surface area contributed by atoms with E-state index in [1.807, 2.05) is 6.07 Å². The predicted octanol–water partition coefficient (Wildman–Crippen LogP) is 3.10. The average Bonchev–Trinajstić information content (AvgIpc) is 1.85. The van der Waals surface area contributed by atoms with Crippen molar-refractivity contribution in [2.45, 2.75) is 0 Å². The van der Waals surface area contributed by atoms with Crippen molar-refractivity contribution in [1.29, 1.82) is 5.26 Å². The Morgan fingerprint density at radius 2 is 2.10 bits per heavy atom. The van der Waals surface area contributed by atoms with E-state index in [9.17, 15) is 0 Å². The second-order valence-corrected chi connectivity index (χ2v) is 2.96. The molecular weight excluding hydrogens is 213 g/mol. The lowest BCUT2D eigenvalue weighted by Crippen LogP contribution is -1.74. The second-order valence-electron chi connectivity index (χ2n) is 1.53. The molecule has 52 valence electrons. The fourth-order valence-corrected chi connectivity index (χ4v) is 0.813. The van der Waals surface area contributed by atoms with Crippen LogP contribution in [0.5, 0.6) is 0 Å². The first-order chi connectivity index (χ1) is 4.57. The van der Waals surface area contributed by atoms with Gasteiger partial charge in [0.05, 0.1) is 10.6 Å². The molecular formula is C7H5BrClN. The Hall–Kier alpha value is -0.520. The summed E-state index contributed by atoms with van der Waals surface area (Å²) in [6.45, 7) is 6.92. The van der Waals surface area contributed by atoms with E-state index in [4.69, 9.17) is 16.9 Å². The van der Waals surface area contributed by atoms with Crippen molar-refractivity contribution in [1.82, 2.24) is 0 Å². The lowest BCUT2D eigenvalue weighted by molar-refractivity contribution is 1.50. The summed E-state index contributed by atoms with van der Waals surface area (Å²) in [6, 6.07) is 1.81. The highest BCUT2D eigenvalue weighted by molar-refractivity contribution is 9.11. The largest absolute Gasteiger partial charge is 0.192 e. The molecule has 0 aromatic rings. The van der Waals surface area contributed by atoms with Crippen molar-refractivity contribution in [2.75, 3.05) is 0 Å². The number of hydrogen-bond acceptors (Lipinski definition) is 1. The molecule has 0 amide bonds. The molecule has 1 nitrogen and oxygen atoms in total. The van der Waals surface area contributed by atoms with Gasteiger partial charge in [-0.2, -0.15) is 5.26 Å². The third-order valence-electron chi connectivity index (χ3n) is 0.707. The first-order valence-corrected chi connectivity index (χ1v) is 3.56. The highest BCUT2D eigenvalue weighted by atomic mass is 79.9. The maximum Gasteiger partial charge on any atom is 0.100 e. The van der Waals surface area contributed by atoms with Crippen LogP contribution in [0.25, 0.3) is 0 Å². The van der Waals surface area contributed by atoms with Gasteiger partial charge < -0.3 is 0 Å². The summed E-state index contributed by atoms with van der Waals surface area (Å²) in [5, 5.41) is 8.61. The molecule has 0 atom stereocenters. The van der Waals surface area contributed by atoms with Gasteiger partial charge in [0.1, 0.15) is 6.07 Å². The monoisotopic (exact) mass is 217 g/mol. The van der Waals surface area contributed by atoms with Gasteiger partial charge in [0.25, 0.3) is 0 Å². The Morgan fingerprint density at radius 1 is 1.60 bits per heavy atom. The molecule has 3 heteroatoms. The lowest BCUT2D eigenvalue weighted by atomic mass is 10.3. The van der Waals surface area contributed by atoms with Gasteiger partial charge in [-0.15, -0.1) is 0 Å². The zero-order valence-electron chi connectivity index (χ0n) is 5.19. The van der Waals surface area contributed by atoms with E-state index >= 15 is 0 Å². The SMILES string of the molecule is C=C(Br)/C=C(/Cl)C(=C)C#N. The van der Waals surface area contributed by atoms with Gasteiger partial charge in [-0.3, -0.25) is 0 Å². The smallest absolute Gasteiger partial charge is 0.100 e. The zero-order valence-corrected chi connectivity index (χ0v) is 7.54. The maximum atomic E-state index is 8.30. The van der Waals surface area contributed by atoms with Crippen molar-refractivity contribution in [2.24, 2.45) is 0 Å². The average molecular weight is 218 g/mol. The Balaban J connectivity index is 4.38. The van der Waals surface area contributed by atoms with Gasteiger partial charge in [-0.25, -0.2) is 0 Å². The Bertz CT molecular complexity index is 234. The summed E-state index contributed by atoms with van der Waals surface area (Å²) in [4.78, 5) is 0. The van der Waals surface area contributed by atoms with Gasteiger partial charge in [0.2, 0.25) is 0 Å². The minimum atomic E-state index is 0.238. The molecule has 0 heterocycles. The Labute approximate surface area is 73.4 Å². The van der Waals surface area contributed by atoms with E-state index in [1.165, 1.54) is 6.08 Å². The molecule has 0 saturated carbocycles. The normalized spacial score (nSPS) is 10.3. The molecule has 0 aliphatic rings. The Kier molecular flexibility index (Phi) is 4.10. The van der Waals surface area contributed by atoms with E-state index in [0.717, 1.165) is 0 Å². The quantitative estimate of drug-likeness (QED) is 0.516. The minimum Gasteiger partial charge on any atom is -0.192 e. The van der Waals surface area contributed by atoms with Crippen LogP contribution in [-0.4, -0.2) is 0 Å². The first-order valence-electron chi connectivity index (χ1n) is 2.39. The molecule has 0 saturated heterocycles. The molecule has 0 unspecified atom stereocenters. The number of hydrogen-bond donors (Lipinski definition) is 0. The number of allylic oxidation sites excluding steroid dienone is 4. The van der Waals surface area contributed by atoms with Crippen LogP contribution in [0.4, 0.5) is 0 Å². The van der Waals surface area contributed by atoms with Gasteiger partial charge in [0, 0.05) is 4.48 Å². The lowest BCUT2D eigenvalue weighted by Gasteiger charge is -1.90. The van der Waals surface area contributed by atoms with Crippen molar-refractivity contribution < 1.29 is 0 Å².